The summed E-state index contributed by atoms with van der Waals surface area (Å²) in [7, 11) is 0. The van der Waals surface area contributed by atoms with Gasteiger partial charge in [-0.1, -0.05) is 35.2 Å². The monoisotopic (exact) mass is 463 g/mol. The number of alkyl halides is 3. The quantitative estimate of drug-likeness (QED) is 0.587. The number of carbonyl (C=O) groups is 2. The van der Waals surface area contributed by atoms with Crippen LogP contribution in [0.15, 0.2) is 58.6 Å². The van der Waals surface area contributed by atoms with Crippen molar-refractivity contribution in [3.05, 3.63) is 74.5 Å². The summed E-state index contributed by atoms with van der Waals surface area (Å²) in [5.41, 5.74) is -0.414. The summed E-state index contributed by atoms with van der Waals surface area (Å²) in [4.78, 5) is 46.5. The van der Waals surface area contributed by atoms with E-state index in [1.54, 1.807) is 24.5 Å². The van der Waals surface area contributed by atoms with Crippen LogP contribution in [0.1, 0.15) is 21.9 Å². The van der Waals surface area contributed by atoms with Crippen LogP contribution in [0.3, 0.4) is 0 Å². The van der Waals surface area contributed by atoms with E-state index in [0.29, 0.717) is 15.5 Å². The zero-order valence-corrected chi connectivity index (χ0v) is 17.1. The van der Waals surface area contributed by atoms with Gasteiger partial charge in [-0.3, -0.25) is 19.4 Å². The van der Waals surface area contributed by atoms with Crippen molar-refractivity contribution in [3.63, 3.8) is 0 Å². The zero-order valence-electron chi connectivity index (χ0n) is 15.4. The number of anilines is 1. The van der Waals surface area contributed by atoms with Crippen molar-refractivity contribution in [2.75, 3.05) is 4.90 Å². The van der Waals surface area contributed by atoms with Crippen molar-refractivity contribution in [2.45, 2.75) is 22.4 Å². The van der Waals surface area contributed by atoms with Crippen molar-refractivity contribution >= 4 is 40.6 Å². The number of aromatic amines is 1. The van der Waals surface area contributed by atoms with E-state index in [9.17, 15) is 27.6 Å². The first-order valence-electron chi connectivity index (χ1n) is 9.10. The molecule has 1 saturated heterocycles. The molecule has 0 radical (unpaired) electrons. The van der Waals surface area contributed by atoms with Crippen molar-refractivity contribution in [2.24, 2.45) is 5.92 Å². The Morgan fingerprint density at radius 1 is 1.06 bits per heavy atom. The molecule has 5 rings (SSSR count). The molecule has 1 fully saturated rings. The van der Waals surface area contributed by atoms with Crippen LogP contribution in [0.5, 0.6) is 0 Å². The number of benzene rings is 1. The Kier molecular flexibility index (Phi) is 4.56. The molecule has 2 aliphatic rings. The summed E-state index contributed by atoms with van der Waals surface area (Å²) in [6.07, 6.45) is -1.47. The maximum absolute atomic E-state index is 13.4. The van der Waals surface area contributed by atoms with Crippen molar-refractivity contribution in [1.82, 2.24) is 9.97 Å². The number of amides is 2. The Labute approximate surface area is 181 Å². The molecule has 11 heteroatoms. The molecule has 3 atom stereocenters. The maximum atomic E-state index is 13.4. The van der Waals surface area contributed by atoms with E-state index in [2.05, 4.69) is 9.97 Å². The highest BCUT2D eigenvalue weighted by molar-refractivity contribution is 8.00. The number of hydrogen-bond acceptors (Lipinski definition) is 6. The highest BCUT2D eigenvalue weighted by Gasteiger charge is 2.56. The third-order valence-corrected chi connectivity index (χ3v) is 7.70. The fraction of sp³-hybridized carbons (Fsp3) is 0.200. The molecule has 0 aliphatic carbocycles. The third kappa shape index (κ3) is 3.19. The van der Waals surface area contributed by atoms with Crippen LogP contribution in [0.4, 0.5) is 18.9 Å². The number of nitrogens with one attached hydrogen (secondary N) is 1. The second-order valence-corrected chi connectivity index (χ2v) is 9.26. The number of hydrogen-bond donors (Lipinski definition) is 1. The van der Waals surface area contributed by atoms with Crippen molar-refractivity contribution < 1.29 is 22.8 Å². The Bertz CT molecular complexity index is 1260. The van der Waals surface area contributed by atoms with Gasteiger partial charge in [-0.25, -0.2) is 4.90 Å². The minimum Gasteiger partial charge on any atom is -0.307 e. The molecule has 1 aromatic carbocycles. The largest absolute Gasteiger partial charge is 0.416 e. The second-order valence-electron chi connectivity index (χ2n) is 7.10. The number of nitrogens with zero attached hydrogens (tertiary/aromatic N) is 2. The van der Waals surface area contributed by atoms with Crippen LogP contribution >= 0.6 is 23.1 Å². The first kappa shape index (κ1) is 20.0. The Balaban J connectivity index is 1.62. The van der Waals surface area contributed by atoms with E-state index in [1.165, 1.54) is 12.1 Å². The average Bonchev–Trinajstić information content (AvgIpc) is 3.23. The van der Waals surface area contributed by atoms with Crippen LogP contribution in [0.25, 0.3) is 0 Å². The molecule has 2 aliphatic heterocycles. The van der Waals surface area contributed by atoms with Crippen LogP contribution in [0, 0.1) is 5.92 Å². The van der Waals surface area contributed by atoms with E-state index in [0.717, 1.165) is 40.1 Å². The van der Waals surface area contributed by atoms with Gasteiger partial charge in [-0.2, -0.15) is 13.2 Å². The van der Waals surface area contributed by atoms with Gasteiger partial charge in [0.05, 0.1) is 22.2 Å². The summed E-state index contributed by atoms with van der Waals surface area (Å²) >= 11 is 2.02. The van der Waals surface area contributed by atoms with Gasteiger partial charge in [0.25, 0.3) is 0 Å². The second kappa shape index (κ2) is 7.06. The molecule has 0 bridgehead atoms. The summed E-state index contributed by atoms with van der Waals surface area (Å²) < 4.78 is 39.5. The van der Waals surface area contributed by atoms with Crippen molar-refractivity contribution in [3.8, 4) is 0 Å². The van der Waals surface area contributed by atoms with Crippen molar-refractivity contribution in [1.29, 1.82) is 0 Å². The Morgan fingerprint density at radius 2 is 1.87 bits per heavy atom. The van der Waals surface area contributed by atoms with Gasteiger partial charge in [-0.05, 0) is 29.8 Å². The highest BCUT2D eigenvalue weighted by atomic mass is 32.2. The van der Waals surface area contributed by atoms with Gasteiger partial charge in [0, 0.05) is 23.2 Å². The van der Waals surface area contributed by atoms with E-state index in [1.807, 2.05) is 0 Å². The minimum atomic E-state index is -4.61. The Morgan fingerprint density at radius 3 is 2.58 bits per heavy atom. The SMILES string of the molecule is O=C1C2Sc3[nH]c(=O)sc3C(c3cccnc3)C2C(=O)N1c1cccc(C(F)(F)F)c1. The number of imide groups is 1. The molecule has 6 nitrogen and oxygen atoms in total. The van der Waals surface area contributed by atoms with Gasteiger partial charge in [0.15, 0.2) is 0 Å². The van der Waals surface area contributed by atoms with Gasteiger partial charge in [0.1, 0.15) is 5.25 Å². The molecular weight excluding hydrogens is 451 g/mol. The molecule has 4 heterocycles. The number of halogens is 3. The van der Waals surface area contributed by atoms with E-state index >= 15 is 0 Å². The molecule has 0 saturated carbocycles. The summed E-state index contributed by atoms with van der Waals surface area (Å²) in [6.45, 7) is 0. The van der Waals surface area contributed by atoms with E-state index in [-0.39, 0.29) is 10.6 Å². The molecule has 3 aromatic rings. The lowest BCUT2D eigenvalue weighted by Gasteiger charge is -2.29. The predicted octanol–water partition coefficient (Wildman–Crippen LogP) is 3.65. The van der Waals surface area contributed by atoms with E-state index in [4.69, 9.17) is 0 Å². The normalized spacial score (nSPS) is 23.1. The average molecular weight is 463 g/mol. The zero-order chi connectivity index (χ0) is 21.9. The number of carbonyl (C=O) groups excluding carboxylic acids is 2. The molecule has 31 heavy (non-hydrogen) atoms. The van der Waals surface area contributed by atoms with E-state index < -0.39 is 40.6 Å². The standard InChI is InChI=1S/C20H12F3N3O3S2/c21-20(22,23)10-4-1-5-11(7-10)26-17(27)13-12(9-3-2-6-24-8-9)14-16(25-19(29)31-14)30-15(13)18(26)28/h1-8,12-13,15H,(H,25,29). The molecule has 3 unspecified atom stereocenters. The molecule has 158 valence electrons. The lowest BCUT2D eigenvalue weighted by Crippen LogP contribution is -2.32. The summed E-state index contributed by atoms with van der Waals surface area (Å²) in [5.74, 6) is -2.67. The number of thioether (sulfide) groups is 1. The maximum Gasteiger partial charge on any atom is 0.416 e. The summed E-state index contributed by atoms with van der Waals surface area (Å²) in [6, 6.07) is 7.60. The van der Waals surface area contributed by atoms with Crippen LogP contribution in [-0.4, -0.2) is 27.0 Å². The lowest BCUT2D eigenvalue weighted by molar-refractivity contribution is -0.137. The number of pyridine rings is 1. The predicted molar refractivity (Wildman–Crippen MR) is 108 cm³/mol. The number of thiazole rings is 1. The molecule has 2 aromatic heterocycles. The van der Waals surface area contributed by atoms with Gasteiger partial charge in [0.2, 0.25) is 11.8 Å². The van der Waals surface area contributed by atoms with Gasteiger partial charge >= 0.3 is 11.0 Å². The molecular formula is C20H12F3N3O3S2. The highest BCUT2D eigenvalue weighted by Crippen LogP contribution is 2.53. The minimum absolute atomic E-state index is 0.124. The summed E-state index contributed by atoms with van der Waals surface area (Å²) in [5, 5.41) is -0.373. The topological polar surface area (TPSA) is 83.1 Å². The first-order chi connectivity index (χ1) is 14.8. The van der Waals surface area contributed by atoms with Crippen LogP contribution < -0.4 is 9.77 Å². The number of H-pyrrole nitrogens is 1. The number of rotatable bonds is 2. The fourth-order valence-electron chi connectivity index (χ4n) is 4.01. The molecule has 1 N–H and O–H groups in total. The van der Waals surface area contributed by atoms with Gasteiger partial charge in [-0.15, -0.1) is 0 Å². The smallest absolute Gasteiger partial charge is 0.307 e. The lowest BCUT2D eigenvalue weighted by atomic mass is 9.84. The number of aromatic nitrogens is 2. The molecule has 2 amide bonds. The first-order valence-corrected chi connectivity index (χ1v) is 10.8. The van der Waals surface area contributed by atoms with Crippen LogP contribution in [-0.2, 0) is 15.8 Å². The van der Waals surface area contributed by atoms with Crippen LogP contribution in [0.2, 0.25) is 0 Å². The fourth-order valence-corrected chi connectivity index (χ4v) is 6.53. The molecule has 0 spiro atoms. The number of fused-ring (bicyclic) bond motifs is 2. The van der Waals surface area contributed by atoms with Gasteiger partial charge < -0.3 is 4.98 Å². The Hall–Kier alpha value is -2.92. The third-order valence-electron chi connectivity index (χ3n) is 5.30.